The molecule has 0 N–H and O–H groups in total. The molecule has 4 nitrogen and oxygen atoms in total. The van der Waals surface area contributed by atoms with Crippen molar-refractivity contribution in [3.05, 3.63) is 34.9 Å². The molecule has 0 atom stereocenters. The lowest BCUT2D eigenvalue weighted by atomic mass is 10.1. The van der Waals surface area contributed by atoms with Gasteiger partial charge in [0.2, 0.25) is 5.28 Å². The minimum absolute atomic E-state index is 0.250. The molecule has 1 fully saturated rings. The maximum atomic E-state index is 5.74. The number of nitrogens with zero attached hydrogens (tertiary/aromatic N) is 3. The van der Waals surface area contributed by atoms with Crippen LogP contribution >= 0.6 is 11.6 Å². The summed E-state index contributed by atoms with van der Waals surface area (Å²) in [6, 6.07) is 3.87. The van der Waals surface area contributed by atoms with E-state index in [4.69, 9.17) is 16.3 Å². The Morgan fingerprint density at radius 3 is 2.78 bits per heavy atom. The van der Waals surface area contributed by atoms with Gasteiger partial charge in [0.05, 0.1) is 30.6 Å². The SMILES string of the molecule is Clc1ncc2nc(C=C3CCOCC3)ccc2n1. The highest BCUT2D eigenvalue weighted by Gasteiger charge is 2.06. The van der Waals surface area contributed by atoms with Crippen LogP contribution in [0.1, 0.15) is 18.5 Å². The average Bonchev–Trinajstić information content (AvgIpc) is 2.40. The second-order valence-electron chi connectivity index (χ2n) is 4.19. The zero-order valence-electron chi connectivity index (χ0n) is 9.77. The summed E-state index contributed by atoms with van der Waals surface area (Å²) in [5, 5.41) is 0.250. The molecule has 1 aliphatic heterocycles. The molecule has 0 spiro atoms. The first kappa shape index (κ1) is 11.6. The van der Waals surface area contributed by atoms with Crippen molar-refractivity contribution in [1.82, 2.24) is 15.0 Å². The summed E-state index contributed by atoms with van der Waals surface area (Å²) in [6.45, 7) is 1.61. The number of ether oxygens (including phenoxy) is 1. The minimum Gasteiger partial charge on any atom is -0.381 e. The fourth-order valence-corrected chi connectivity index (χ4v) is 2.12. The zero-order chi connectivity index (χ0) is 12.4. The fraction of sp³-hybridized carbons (Fsp3) is 0.308. The first-order chi connectivity index (χ1) is 8.81. The molecule has 2 aromatic heterocycles. The van der Waals surface area contributed by atoms with Crippen molar-refractivity contribution < 1.29 is 4.74 Å². The van der Waals surface area contributed by atoms with Crippen LogP contribution in [0, 0.1) is 0 Å². The Labute approximate surface area is 110 Å². The second-order valence-corrected chi connectivity index (χ2v) is 4.53. The molecule has 0 saturated carbocycles. The van der Waals surface area contributed by atoms with Crippen LogP contribution in [0.4, 0.5) is 0 Å². The Morgan fingerprint density at radius 1 is 1.11 bits per heavy atom. The van der Waals surface area contributed by atoms with E-state index in [2.05, 4.69) is 21.0 Å². The Bertz CT molecular complexity index is 604. The van der Waals surface area contributed by atoms with Gasteiger partial charge in [0.15, 0.2) is 0 Å². The van der Waals surface area contributed by atoms with Gasteiger partial charge in [0, 0.05) is 0 Å². The number of fused-ring (bicyclic) bond motifs is 1. The molecule has 0 unspecified atom stereocenters. The summed E-state index contributed by atoms with van der Waals surface area (Å²) in [7, 11) is 0. The smallest absolute Gasteiger partial charge is 0.223 e. The highest BCUT2D eigenvalue weighted by molar-refractivity contribution is 6.28. The summed E-state index contributed by atoms with van der Waals surface area (Å²) in [5.41, 5.74) is 3.85. The third kappa shape index (κ3) is 2.49. The molecule has 92 valence electrons. The van der Waals surface area contributed by atoms with Gasteiger partial charge in [0.1, 0.15) is 5.52 Å². The van der Waals surface area contributed by atoms with E-state index in [9.17, 15) is 0 Å². The van der Waals surface area contributed by atoms with Crippen LogP contribution < -0.4 is 0 Å². The fourth-order valence-electron chi connectivity index (χ4n) is 1.98. The number of hydrogen-bond donors (Lipinski definition) is 0. The molecule has 0 radical (unpaired) electrons. The molecular formula is C13H12ClN3O. The predicted octanol–water partition coefficient (Wildman–Crippen LogP) is 2.87. The number of aromatic nitrogens is 3. The van der Waals surface area contributed by atoms with Crippen LogP contribution in [0.25, 0.3) is 17.1 Å². The topological polar surface area (TPSA) is 47.9 Å². The predicted molar refractivity (Wildman–Crippen MR) is 70.4 cm³/mol. The van der Waals surface area contributed by atoms with E-state index in [1.165, 1.54) is 5.57 Å². The van der Waals surface area contributed by atoms with Crippen LogP contribution in [0.3, 0.4) is 0 Å². The summed E-state index contributed by atoms with van der Waals surface area (Å²) in [4.78, 5) is 12.6. The van der Waals surface area contributed by atoms with Gasteiger partial charge in [-0.15, -0.1) is 0 Å². The van der Waals surface area contributed by atoms with Crippen LogP contribution in [0.15, 0.2) is 23.9 Å². The molecule has 0 aromatic carbocycles. The van der Waals surface area contributed by atoms with Gasteiger partial charge in [-0.25, -0.2) is 15.0 Å². The molecule has 3 heterocycles. The van der Waals surface area contributed by atoms with Gasteiger partial charge in [-0.1, -0.05) is 5.57 Å². The van der Waals surface area contributed by atoms with Gasteiger partial charge in [-0.05, 0) is 42.7 Å². The van der Waals surface area contributed by atoms with E-state index >= 15 is 0 Å². The van der Waals surface area contributed by atoms with E-state index < -0.39 is 0 Å². The quantitative estimate of drug-likeness (QED) is 0.741. The molecule has 0 aliphatic carbocycles. The lowest BCUT2D eigenvalue weighted by Gasteiger charge is -2.14. The molecule has 2 aromatic rings. The van der Waals surface area contributed by atoms with E-state index in [1.807, 2.05) is 12.1 Å². The van der Waals surface area contributed by atoms with Crippen molar-refractivity contribution in [2.75, 3.05) is 13.2 Å². The summed E-state index contributed by atoms with van der Waals surface area (Å²) in [6.07, 6.45) is 5.74. The first-order valence-corrected chi connectivity index (χ1v) is 6.25. The van der Waals surface area contributed by atoms with Crippen molar-refractivity contribution in [2.45, 2.75) is 12.8 Å². The molecule has 3 rings (SSSR count). The van der Waals surface area contributed by atoms with Crippen molar-refractivity contribution >= 4 is 28.7 Å². The van der Waals surface area contributed by atoms with Crippen LogP contribution in [-0.2, 0) is 4.74 Å². The summed E-state index contributed by atoms with van der Waals surface area (Å²) < 4.78 is 5.32. The Hall–Kier alpha value is -1.52. The largest absolute Gasteiger partial charge is 0.381 e. The van der Waals surface area contributed by atoms with E-state index in [-0.39, 0.29) is 5.28 Å². The summed E-state index contributed by atoms with van der Waals surface area (Å²) in [5.74, 6) is 0. The summed E-state index contributed by atoms with van der Waals surface area (Å²) >= 11 is 5.74. The van der Waals surface area contributed by atoms with Gasteiger partial charge >= 0.3 is 0 Å². The molecule has 5 heteroatoms. The van der Waals surface area contributed by atoms with Crippen molar-refractivity contribution in [3.8, 4) is 0 Å². The maximum Gasteiger partial charge on any atom is 0.223 e. The third-order valence-electron chi connectivity index (χ3n) is 2.92. The molecule has 1 saturated heterocycles. The van der Waals surface area contributed by atoms with Crippen LogP contribution in [0.5, 0.6) is 0 Å². The van der Waals surface area contributed by atoms with E-state index in [0.29, 0.717) is 0 Å². The molecule has 0 amide bonds. The number of halogens is 1. The lowest BCUT2D eigenvalue weighted by molar-refractivity contribution is 0.119. The molecule has 18 heavy (non-hydrogen) atoms. The number of rotatable bonds is 1. The first-order valence-electron chi connectivity index (χ1n) is 5.88. The number of hydrogen-bond acceptors (Lipinski definition) is 4. The zero-order valence-corrected chi connectivity index (χ0v) is 10.5. The van der Waals surface area contributed by atoms with Crippen molar-refractivity contribution in [1.29, 1.82) is 0 Å². The highest BCUT2D eigenvalue weighted by atomic mass is 35.5. The monoisotopic (exact) mass is 261 g/mol. The third-order valence-corrected chi connectivity index (χ3v) is 3.10. The average molecular weight is 262 g/mol. The van der Waals surface area contributed by atoms with Crippen molar-refractivity contribution in [2.24, 2.45) is 0 Å². The van der Waals surface area contributed by atoms with Gasteiger partial charge in [-0.3, -0.25) is 0 Å². The maximum absolute atomic E-state index is 5.74. The Kier molecular flexibility index (Phi) is 3.21. The van der Waals surface area contributed by atoms with Crippen molar-refractivity contribution in [3.63, 3.8) is 0 Å². The van der Waals surface area contributed by atoms with E-state index in [1.54, 1.807) is 6.20 Å². The Morgan fingerprint density at radius 2 is 1.94 bits per heavy atom. The van der Waals surface area contributed by atoms with Crippen LogP contribution in [-0.4, -0.2) is 28.2 Å². The normalized spacial score (nSPS) is 15.9. The second kappa shape index (κ2) is 5.00. The number of pyridine rings is 1. The lowest BCUT2D eigenvalue weighted by Crippen LogP contribution is -2.07. The van der Waals surface area contributed by atoms with Gasteiger partial charge < -0.3 is 4.74 Å². The van der Waals surface area contributed by atoms with Crippen LogP contribution in [0.2, 0.25) is 5.28 Å². The Balaban J connectivity index is 1.95. The van der Waals surface area contributed by atoms with Gasteiger partial charge in [0.25, 0.3) is 0 Å². The molecule has 1 aliphatic rings. The highest BCUT2D eigenvalue weighted by Crippen LogP contribution is 2.18. The molecule has 0 bridgehead atoms. The standard InChI is InChI=1S/C13H12ClN3O/c14-13-15-8-12-11(17-13)2-1-10(16-12)7-9-3-5-18-6-4-9/h1-2,7-8H,3-6H2. The molecular weight excluding hydrogens is 250 g/mol. The van der Waals surface area contributed by atoms with Gasteiger partial charge in [-0.2, -0.15) is 0 Å². The minimum atomic E-state index is 0.250. The van der Waals surface area contributed by atoms with E-state index in [0.717, 1.165) is 42.8 Å².